The van der Waals surface area contributed by atoms with Gasteiger partial charge in [0.05, 0.1) is 17.6 Å². The van der Waals surface area contributed by atoms with Gasteiger partial charge in [0, 0.05) is 0 Å². The third-order valence-corrected chi connectivity index (χ3v) is 3.57. The van der Waals surface area contributed by atoms with Gasteiger partial charge in [-0.05, 0) is 31.2 Å². The Morgan fingerprint density at radius 3 is 2.44 bits per heavy atom. The van der Waals surface area contributed by atoms with Gasteiger partial charge in [-0.1, -0.05) is 35.9 Å². The molecule has 0 bridgehead atoms. The fraction of sp³-hybridized carbons (Fsp3) is 0.0556. The summed E-state index contributed by atoms with van der Waals surface area (Å²) in [6, 6.07) is 16.0. The number of anilines is 1. The lowest BCUT2D eigenvalue weighted by molar-refractivity contribution is 0.430. The number of hydrazone groups is 1. The highest BCUT2D eigenvalue weighted by Crippen LogP contribution is 2.15. The van der Waals surface area contributed by atoms with Crippen LogP contribution in [0, 0.1) is 6.92 Å². The Balaban J connectivity index is 1.96. The van der Waals surface area contributed by atoms with Gasteiger partial charge >= 0.3 is 5.69 Å². The van der Waals surface area contributed by atoms with Crippen molar-refractivity contribution in [1.82, 2.24) is 9.55 Å². The number of aromatic amines is 1. The minimum Gasteiger partial charge on any atom is -0.493 e. The lowest BCUT2D eigenvalue weighted by atomic mass is 10.2. The van der Waals surface area contributed by atoms with E-state index in [9.17, 15) is 14.7 Å². The van der Waals surface area contributed by atoms with Gasteiger partial charge in [-0.15, -0.1) is 0 Å². The number of aromatic hydroxyl groups is 1. The highest BCUT2D eigenvalue weighted by atomic mass is 16.3. The van der Waals surface area contributed by atoms with Gasteiger partial charge in [0.25, 0.3) is 5.56 Å². The molecule has 0 unspecified atom stereocenters. The number of nitrogens with zero attached hydrogens (tertiary/aromatic N) is 2. The van der Waals surface area contributed by atoms with E-state index in [1.807, 2.05) is 31.2 Å². The lowest BCUT2D eigenvalue weighted by Crippen LogP contribution is -2.31. The van der Waals surface area contributed by atoms with Gasteiger partial charge in [0.1, 0.15) is 5.56 Å². The third kappa shape index (κ3) is 3.50. The van der Waals surface area contributed by atoms with E-state index in [1.165, 1.54) is 6.21 Å². The Kier molecular flexibility index (Phi) is 4.47. The first-order valence-electron chi connectivity index (χ1n) is 7.56. The molecule has 3 aromatic rings. The Labute approximate surface area is 142 Å². The molecule has 2 aromatic carbocycles. The molecule has 0 aliphatic rings. The van der Waals surface area contributed by atoms with Crippen molar-refractivity contribution in [3.05, 3.63) is 86.6 Å². The summed E-state index contributed by atoms with van der Waals surface area (Å²) in [5.41, 5.74) is 3.47. The SMILES string of the molecule is Cc1ccc(NN=Cc2c(O)n(-c3ccccc3)c(=O)[nH]c2=O)cc1. The zero-order valence-corrected chi connectivity index (χ0v) is 13.4. The molecule has 0 saturated carbocycles. The van der Waals surface area contributed by atoms with Crippen LogP contribution in [0.3, 0.4) is 0 Å². The van der Waals surface area contributed by atoms with Crippen LogP contribution in [-0.2, 0) is 0 Å². The fourth-order valence-corrected chi connectivity index (χ4v) is 2.27. The molecule has 0 aliphatic carbocycles. The second kappa shape index (κ2) is 6.88. The number of nitrogens with one attached hydrogen (secondary N) is 2. The summed E-state index contributed by atoms with van der Waals surface area (Å²) in [6.07, 6.45) is 1.17. The van der Waals surface area contributed by atoms with E-state index >= 15 is 0 Å². The van der Waals surface area contributed by atoms with E-state index in [1.54, 1.807) is 30.3 Å². The van der Waals surface area contributed by atoms with Gasteiger partial charge in [0.2, 0.25) is 5.88 Å². The number of hydrogen-bond donors (Lipinski definition) is 3. The summed E-state index contributed by atoms with van der Waals surface area (Å²) in [6.45, 7) is 1.97. The predicted octanol–water partition coefficient (Wildman–Crippen LogP) is 1.99. The molecule has 3 N–H and O–H groups in total. The van der Waals surface area contributed by atoms with Crippen molar-refractivity contribution in [3.8, 4) is 11.6 Å². The van der Waals surface area contributed by atoms with E-state index in [2.05, 4.69) is 15.5 Å². The summed E-state index contributed by atoms with van der Waals surface area (Å²) >= 11 is 0. The van der Waals surface area contributed by atoms with E-state index in [-0.39, 0.29) is 5.56 Å². The maximum Gasteiger partial charge on any atom is 0.335 e. The van der Waals surface area contributed by atoms with Crippen LogP contribution in [0.4, 0.5) is 5.69 Å². The van der Waals surface area contributed by atoms with Crippen molar-refractivity contribution in [3.63, 3.8) is 0 Å². The van der Waals surface area contributed by atoms with Gasteiger partial charge < -0.3 is 5.11 Å². The summed E-state index contributed by atoms with van der Waals surface area (Å²) in [5, 5.41) is 14.3. The Hall–Kier alpha value is -3.61. The van der Waals surface area contributed by atoms with Crippen LogP contribution in [0.5, 0.6) is 5.88 Å². The summed E-state index contributed by atoms with van der Waals surface area (Å²) in [4.78, 5) is 26.2. The normalized spacial score (nSPS) is 10.9. The lowest BCUT2D eigenvalue weighted by Gasteiger charge is -2.09. The van der Waals surface area contributed by atoms with Crippen LogP contribution < -0.4 is 16.7 Å². The first-order chi connectivity index (χ1) is 12.1. The average Bonchev–Trinajstić information content (AvgIpc) is 2.60. The number of aryl methyl sites for hydroxylation is 1. The number of aromatic nitrogens is 2. The molecule has 0 aliphatic heterocycles. The standard InChI is InChI=1S/C18H16N4O3/c1-12-7-9-13(10-8-12)21-19-11-15-16(23)20-18(25)22(17(15)24)14-5-3-2-4-6-14/h2-11,21,24H,1H3,(H,20,23,25). The first kappa shape index (κ1) is 16.3. The second-order valence-corrected chi connectivity index (χ2v) is 5.40. The topological polar surface area (TPSA) is 99.5 Å². The molecule has 25 heavy (non-hydrogen) atoms. The van der Waals surface area contributed by atoms with Gasteiger partial charge in [-0.25, -0.2) is 9.36 Å². The largest absolute Gasteiger partial charge is 0.493 e. The zero-order chi connectivity index (χ0) is 17.8. The van der Waals surface area contributed by atoms with Crippen LogP contribution >= 0.6 is 0 Å². The Bertz CT molecular complexity index is 1020. The first-order valence-corrected chi connectivity index (χ1v) is 7.56. The van der Waals surface area contributed by atoms with Gasteiger partial charge in [-0.2, -0.15) is 5.10 Å². The summed E-state index contributed by atoms with van der Waals surface area (Å²) < 4.78 is 1.01. The maximum absolute atomic E-state index is 12.0. The van der Waals surface area contributed by atoms with Crippen LogP contribution in [-0.4, -0.2) is 20.9 Å². The summed E-state index contributed by atoms with van der Waals surface area (Å²) in [7, 11) is 0. The molecule has 0 atom stereocenters. The van der Waals surface area contributed by atoms with E-state index in [0.29, 0.717) is 5.69 Å². The van der Waals surface area contributed by atoms with Gasteiger partial charge in [0.15, 0.2) is 0 Å². The molecule has 7 heteroatoms. The highest BCUT2D eigenvalue weighted by Gasteiger charge is 2.13. The predicted molar refractivity (Wildman–Crippen MR) is 96.7 cm³/mol. The van der Waals surface area contributed by atoms with Gasteiger partial charge in [-0.3, -0.25) is 15.2 Å². The molecule has 7 nitrogen and oxygen atoms in total. The van der Waals surface area contributed by atoms with Crippen LogP contribution in [0.1, 0.15) is 11.1 Å². The van der Waals surface area contributed by atoms with E-state index in [4.69, 9.17) is 0 Å². The average molecular weight is 336 g/mol. The molecule has 0 radical (unpaired) electrons. The van der Waals surface area contributed by atoms with Crippen molar-refractivity contribution in [2.75, 3.05) is 5.43 Å². The maximum atomic E-state index is 12.0. The number of rotatable bonds is 4. The third-order valence-electron chi connectivity index (χ3n) is 3.57. The molecule has 3 rings (SSSR count). The molecule has 1 heterocycles. The smallest absolute Gasteiger partial charge is 0.335 e. The molecular formula is C18H16N4O3. The Morgan fingerprint density at radius 1 is 1.08 bits per heavy atom. The molecule has 0 saturated heterocycles. The molecule has 0 amide bonds. The number of hydrogen-bond acceptors (Lipinski definition) is 5. The van der Waals surface area contributed by atoms with Crippen molar-refractivity contribution in [1.29, 1.82) is 0 Å². The fourth-order valence-electron chi connectivity index (χ4n) is 2.27. The highest BCUT2D eigenvalue weighted by molar-refractivity contribution is 5.82. The van der Waals surface area contributed by atoms with Crippen molar-refractivity contribution in [2.24, 2.45) is 5.10 Å². The Morgan fingerprint density at radius 2 is 1.76 bits per heavy atom. The summed E-state index contributed by atoms with van der Waals surface area (Å²) in [5.74, 6) is -0.477. The van der Waals surface area contributed by atoms with E-state index < -0.39 is 17.1 Å². The minimum atomic E-state index is -0.725. The zero-order valence-electron chi connectivity index (χ0n) is 13.4. The van der Waals surface area contributed by atoms with Crippen molar-refractivity contribution < 1.29 is 5.11 Å². The quantitative estimate of drug-likeness (QED) is 0.501. The molecular weight excluding hydrogens is 320 g/mol. The second-order valence-electron chi connectivity index (χ2n) is 5.40. The van der Waals surface area contributed by atoms with Crippen LogP contribution in [0.15, 0.2) is 69.3 Å². The van der Waals surface area contributed by atoms with Crippen LogP contribution in [0.2, 0.25) is 0 Å². The van der Waals surface area contributed by atoms with Crippen molar-refractivity contribution in [2.45, 2.75) is 6.92 Å². The number of H-pyrrole nitrogens is 1. The van der Waals surface area contributed by atoms with E-state index in [0.717, 1.165) is 15.8 Å². The minimum absolute atomic E-state index is 0.122. The molecule has 1 aromatic heterocycles. The van der Waals surface area contributed by atoms with Crippen LogP contribution in [0.25, 0.3) is 5.69 Å². The monoisotopic (exact) mass is 336 g/mol. The molecule has 0 fully saturated rings. The molecule has 126 valence electrons. The van der Waals surface area contributed by atoms with Crippen molar-refractivity contribution >= 4 is 11.9 Å². The molecule has 0 spiro atoms. The number of benzene rings is 2. The number of para-hydroxylation sites is 1.